The van der Waals surface area contributed by atoms with Crippen molar-refractivity contribution >= 4 is 0 Å². The molecule has 17 heavy (non-hydrogen) atoms. The predicted molar refractivity (Wildman–Crippen MR) is 66.3 cm³/mol. The van der Waals surface area contributed by atoms with Gasteiger partial charge in [-0.05, 0) is 30.5 Å². The van der Waals surface area contributed by atoms with Crippen LogP contribution in [-0.4, -0.2) is 17.3 Å². The molecular weight excluding hydrogens is 212 g/mol. The van der Waals surface area contributed by atoms with Crippen LogP contribution in [0, 0.1) is 11.3 Å². The zero-order valence-corrected chi connectivity index (χ0v) is 9.95. The van der Waals surface area contributed by atoms with E-state index in [4.69, 9.17) is 5.26 Å². The highest BCUT2D eigenvalue weighted by Gasteiger charge is 2.32. The number of rotatable bonds is 4. The van der Waals surface area contributed by atoms with Gasteiger partial charge >= 0.3 is 0 Å². The number of aliphatic hydroxyl groups excluding tert-OH is 1. The van der Waals surface area contributed by atoms with Crippen LogP contribution >= 0.6 is 0 Å². The molecule has 1 aromatic rings. The number of nitrogens with zero attached hydrogens (tertiary/aromatic N) is 1. The first-order valence-electron chi connectivity index (χ1n) is 6.13. The van der Waals surface area contributed by atoms with Crippen molar-refractivity contribution in [1.29, 1.82) is 5.26 Å². The molecule has 3 nitrogen and oxygen atoms in total. The standard InChI is InChI=1S/C14H18N2O/c15-9-12-3-5-13(6-4-12)10-16-14(11-17)7-1-2-8-14/h3-6,16-17H,1-2,7-8,10-11H2. The lowest BCUT2D eigenvalue weighted by molar-refractivity contribution is 0.163. The van der Waals surface area contributed by atoms with Gasteiger partial charge in [-0.1, -0.05) is 25.0 Å². The lowest BCUT2D eigenvalue weighted by Gasteiger charge is -2.28. The fraction of sp³-hybridized carbons (Fsp3) is 0.500. The van der Waals surface area contributed by atoms with Crippen LogP contribution in [0.25, 0.3) is 0 Å². The molecule has 0 saturated heterocycles. The third-order valence-corrected chi connectivity index (χ3v) is 3.61. The second-order valence-electron chi connectivity index (χ2n) is 4.81. The van der Waals surface area contributed by atoms with Crippen molar-refractivity contribution in [1.82, 2.24) is 5.32 Å². The predicted octanol–water partition coefficient (Wildman–Crippen LogP) is 1.95. The number of aliphatic hydroxyl groups is 1. The Bertz CT molecular complexity index is 399. The number of nitrogens with one attached hydrogen (secondary N) is 1. The fourth-order valence-corrected chi connectivity index (χ4v) is 2.43. The van der Waals surface area contributed by atoms with Gasteiger partial charge in [-0.3, -0.25) is 0 Å². The van der Waals surface area contributed by atoms with E-state index >= 15 is 0 Å². The number of benzene rings is 1. The molecule has 0 spiro atoms. The summed E-state index contributed by atoms with van der Waals surface area (Å²) in [4.78, 5) is 0. The Labute approximate surface area is 102 Å². The van der Waals surface area contributed by atoms with E-state index in [0.717, 1.165) is 24.9 Å². The van der Waals surface area contributed by atoms with Crippen LogP contribution in [0.2, 0.25) is 0 Å². The molecule has 0 bridgehead atoms. The Morgan fingerprint density at radius 2 is 1.88 bits per heavy atom. The first-order valence-corrected chi connectivity index (χ1v) is 6.13. The third kappa shape index (κ3) is 2.85. The quantitative estimate of drug-likeness (QED) is 0.831. The van der Waals surface area contributed by atoms with Gasteiger partial charge in [0.05, 0.1) is 18.2 Å². The van der Waals surface area contributed by atoms with Crippen LogP contribution in [0.15, 0.2) is 24.3 Å². The smallest absolute Gasteiger partial charge is 0.0991 e. The van der Waals surface area contributed by atoms with E-state index < -0.39 is 0 Å². The van der Waals surface area contributed by atoms with Crippen LogP contribution in [0.3, 0.4) is 0 Å². The van der Waals surface area contributed by atoms with E-state index in [-0.39, 0.29) is 12.1 Å². The summed E-state index contributed by atoms with van der Waals surface area (Å²) in [5, 5.41) is 21.6. The summed E-state index contributed by atoms with van der Waals surface area (Å²) in [6.45, 7) is 0.968. The maximum atomic E-state index is 9.47. The fourth-order valence-electron chi connectivity index (χ4n) is 2.43. The molecule has 0 aromatic heterocycles. The maximum absolute atomic E-state index is 9.47. The minimum absolute atomic E-state index is 0.0755. The summed E-state index contributed by atoms with van der Waals surface area (Å²) in [5.41, 5.74) is 1.77. The summed E-state index contributed by atoms with van der Waals surface area (Å²) < 4.78 is 0. The van der Waals surface area contributed by atoms with Gasteiger partial charge in [0.2, 0.25) is 0 Å². The number of hydrogen-bond acceptors (Lipinski definition) is 3. The Hall–Kier alpha value is -1.37. The first kappa shape index (κ1) is 12.1. The van der Waals surface area contributed by atoms with Crippen molar-refractivity contribution in [2.75, 3.05) is 6.61 Å². The molecule has 2 N–H and O–H groups in total. The van der Waals surface area contributed by atoms with Crippen LogP contribution in [0.1, 0.15) is 36.8 Å². The molecule has 1 aliphatic carbocycles. The normalized spacial score (nSPS) is 17.9. The topological polar surface area (TPSA) is 56.0 Å². The molecule has 1 aromatic carbocycles. The lowest BCUT2D eigenvalue weighted by Crippen LogP contribution is -2.45. The zero-order chi connectivity index (χ0) is 12.1. The van der Waals surface area contributed by atoms with Gasteiger partial charge < -0.3 is 10.4 Å². The van der Waals surface area contributed by atoms with Gasteiger partial charge in [0.25, 0.3) is 0 Å². The largest absolute Gasteiger partial charge is 0.394 e. The van der Waals surface area contributed by atoms with E-state index in [9.17, 15) is 5.11 Å². The average Bonchev–Trinajstić information content (AvgIpc) is 2.86. The Balaban J connectivity index is 1.94. The van der Waals surface area contributed by atoms with Crippen LogP contribution in [-0.2, 0) is 6.54 Å². The molecule has 3 heteroatoms. The van der Waals surface area contributed by atoms with Gasteiger partial charge in [-0.2, -0.15) is 5.26 Å². The SMILES string of the molecule is N#Cc1ccc(CNC2(CO)CCCC2)cc1. The Kier molecular flexibility index (Phi) is 3.78. The van der Waals surface area contributed by atoms with Crippen LogP contribution in [0.5, 0.6) is 0 Å². The van der Waals surface area contributed by atoms with Crippen molar-refractivity contribution in [3.05, 3.63) is 35.4 Å². The van der Waals surface area contributed by atoms with Crippen LogP contribution < -0.4 is 5.32 Å². The highest BCUT2D eigenvalue weighted by atomic mass is 16.3. The molecule has 0 radical (unpaired) electrons. The summed E-state index contributed by atoms with van der Waals surface area (Å²) in [7, 11) is 0. The lowest BCUT2D eigenvalue weighted by atomic mass is 9.98. The van der Waals surface area contributed by atoms with Crippen molar-refractivity contribution in [3.63, 3.8) is 0 Å². The van der Waals surface area contributed by atoms with E-state index in [1.165, 1.54) is 12.8 Å². The van der Waals surface area contributed by atoms with Crippen LogP contribution in [0.4, 0.5) is 0 Å². The molecule has 0 heterocycles. The second-order valence-corrected chi connectivity index (χ2v) is 4.81. The molecule has 1 fully saturated rings. The van der Waals surface area contributed by atoms with E-state index in [0.29, 0.717) is 5.56 Å². The molecule has 1 aliphatic rings. The number of hydrogen-bond donors (Lipinski definition) is 2. The molecular formula is C14H18N2O. The zero-order valence-electron chi connectivity index (χ0n) is 9.95. The van der Waals surface area contributed by atoms with Crippen molar-refractivity contribution < 1.29 is 5.11 Å². The highest BCUT2D eigenvalue weighted by molar-refractivity contribution is 5.31. The van der Waals surface area contributed by atoms with Gasteiger partial charge in [0.1, 0.15) is 0 Å². The van der Waals surface area contributed by atoms with Crippen molar-refractivity contribution in [3.8, 4) is 6.07 Å². The summed E-state index contributed by atoms with van der Waals surface area (Å²) in [6.07, 6.45) is 4.50. The molecule has 2 rings (SSSR count). The maximum Gasteiger partial charge on any atom is 0.0991 e. The van der Waals surface area contributed by atoms with Gasteiger partial charge in [-0.25, -0.2) is 0 Å². The van der Waals surface area contributed by atoms with Gasteiger partial charge in [0.15, 0.2) is 0 Å². The third-order valence-electron chi connectivity index (χ3n) is 3.61. The molecule has 1 saturated carbocycles. The first-order chi connectivity index (χ1) is 8.28. The Morgan fingerprint density at radius 1 is 1.24 bits per heavy atom. The molecule has 0 unspecified atom stereocenters. The summed E-state index contributed by atoms with van der Waals surface area (Å²) in [5.74, 6) is 0. The average molecular weight is 230 g/mol. The van der Waals surface area contributed by atoms with E-state index in [2.05, 4.69) is 11.4 Å². The van der Waals surface area contributed by atoms with Crippen molar-refractivity contribution in [2.24, 2.45) is 0 Å². The Morgan fingerprint density at radius 3 is 2.41 bits per heavy atom. The molecule has 0 atom stereocenters. The number of nitriles is 1. The molecule has 0 amide bonds. The summed E-state index contributed by atoms with van der Waals surface area (Å²) in [6, 6.07) is 9.70. The summed E-state index contributed by atoms with van der Waals surface area (Å²) >= 11 is 0. The van der Waals surface area contributed by atoms with Gasteiger partial charge in [0, 0.05) is 12.1 Å². The highest BCUT2D eigenvalue weighted by Crippen LogP contribution is 2.29. The monoisotopic (exact) mass is 230 g/mol. The van der Waals surface area contributed by atoms with E-state index in [1.807, 2.05) is 24.3 Å². The van der Waals surface area contributed by atoms with E-state index in [1.54, 1.807) is 0 Å². The minimum atomic E-state index is -0.0755. The molecule has 90 valence electrons. The molecule has 0 aliphatic heterocycles. The second kappa shape index (κ2) is 5.31. The van der Waals surface area contributed by atoms with Gasteiger partial charge in [-0.15, -0.1) is 0 Å². The minimum Gasteiger partial charge on any atom is -0.394 e. The van der Waals surface area contributed by atoms with Crippen molar-refractivity contribution in [2.45, 2.75) is 37.8 Å².